The van der Waals surface area contributed by atoms with Gasteiger partial charge in [0.2, 0.25) is 0 Å². The molecule has 0 unspecified atom stereocenters. The third kappa shape index (κ3) is 2.73. The second kappa shape index (κ2) is 5.75. The molecule has 0 bridgehead atoms. The molecule has 0 aliphatic heterocycles. The zero-order valence-electron chi connectivity index (χ0n) is 12.5. The average Bonchev–Trinajstić information content (AvgIpc) is 2.96. The number of rotatable bonds is 3. The number of hydrogen-bond donors (Lipinski definition) is 1. The molecule has 0 amide bonds. The van der Waals surface area contributed by atoms with Gasteiger partial charge in [0.25, 0.3) is 10.0 Å². The van der Waals surface area contributed by atoms with Crippen LogP contribution in [0.5, 0.6) is 0 Å². The van der Waals surface area contributed by atoms with Crippen molar-refractivity contribution in [2.24, 2.45) is 0 Å². The van der Waals surface area contributed by atoms with Gasteiger partial charge in [0, 0.05) is 5.39 Å². The van der Waals surface area contributed by atoms with Gasteiger partial charge in [0.1, 0.15) is 11.6 Å². The fraction of sp³-hybridized carbons (Fsp3) is 0. The summed E-state index contributed by atoms with van der Waals surface area (Å²) in [4.78, 5) is 3.28. The van der Waals surface area contributed by atoms with E-state index in [1.807, 2.05) is 36.4 Å². The molecule has 8 heteroatoms. The predicted molar refractivity (Wildman–Crippen MR) is 94.3 cm³/mol. The maximum absolute atomic E-state index is 13.8. The molecule has 4 aromatic rings. The average molecular weight is 376 g/mol. The van der Waals surface area contributed by atoms with Crippen molar-refractivity contribution in [2.45, 2.75) is 4.90 Å². The lowest BCUT2D eigenvalue weighted by atomic mass is 10.1. The number of benzene rings is 3. The van der Waals surface area contributed by atoms with E-state index < -0.39 is 26.6 Å². The number of nitrogens with one attached hydrogen (secondary N) is 1. The third-order valence-corrected chi connectivity index (χ3v) is 6.15. The van der Waals surface area contributed by atoms with E-state index in [-0.39, 0.29) is 5.13 Å². The Balaban J connectivity index is 1.82. The number of anilines is 1. The summed E-state index contributed by atoms with van der Waals surface area (Å²) >= 11 is 1.10. The maximum Gasteiger partial charge on any atom is 0.269 e. The molecule has 0 atom stereocenters. The van der Waals surface area contributed by atoms with Crippen molar-refractivity contribution in [1.82, 2.24) is 4.98 Å². The Labute approximate surface area is 145 Å². The highest BCUT2D eigenvalue weighted by Crippen LogP contribution is 2.33. The first kappa shape index (κ1) is 15.9. The van der Waals surface area contributed by atoms with Crippen molar-refractivity contribution in [3.63, 3.8) is 0 Å². The number of hydrogen-bond acceptors (Lipinski definition) is 4. The predicted octanol–water partition coefficient (Wildman–Crippen LogP) is 4.53. The summed E-state index contributed by atoms with van der Waals surface area (Å²) in [6.45, 7) is 0. The van der Waals surface area contributed by atoms with E-state index in [0.29, 0.717) is 5.52 Å². The fourth-order valence-corrected chi connectivity index (χ4v) is 4.87. The first-order valence-corrected chi connectivity index (χ1v) is 9.51. The summed E-state index contributed by atoms with van der Waals surface area (Å²) in [7, 11) is -4.43. The van der Waals surface area contributed by atoms with Crippen molar-refractivity contribution in [2.75, 3.05) is 4.72 Å². The highest BCUT2D eigenvalue weighted by atomic mass is 32.2. The van der Waals surface area contributed by atoms with Crippen LogP contribution in [0.4, 0.5) is 13.9 Å². The quantitative estimate of drug-likeness (QED) is 0.572. The van der Waals surface area contributed by atoms with Crippen LogP contribution in [-0.4, -0.2) is 13.4 Å². The number of sulfonamides is 1. The van der Waals surface area contributed by atoms with Gasteiger partial charge < -0.3 is 0 Å². The first-order valence-electron chi connectivity index (χ1n) is 7.21. The van der Waals surface area contributed by atoms with Gasteiger partial charge >= 0.3 is 0 Å². The summed E-state index contributed by atoms with van der Waals surface area (Å²) in [6.07, 6.45) is 0. The molecule has 126 valence electrons. The fourth-order valence-electron chi connectivity index (χ4n) is 2.61. The molecule has 1 aromatic heterocycles. The van der Waals surface area contributed by atoms with E-state index in [4.69, 9.17) is 0 Å². The monoisotopic (exact) mass is 376 g/mol. The van der Waals surface area contributed by atoms with Crippen LogP contribution in [-0.2, 0) is 10.0 Å². The zero-order valence-corrected chi connectivity index (χ0v) is 14.2. The molecule has 0 spiro atoms. The standard InChI is InChI=1S/C17H10F2N2O2S2/c18-12-6-3-7-13(19)16(12)25(22,23)21-17-20-15-11-5-2-1-4-10(11)8-9-14(15)24-17/h1-9H,(H,20,21). The molecule has 3 aromatic carbocycles. The highest BCUT2D eigenvalue weighted by molar-refractivity contribution is 7.93. The number of thiazole rings is 1. The third-order valence-electron chi connectivity index (χ3n) is 3.69. The van der Waals surface area contributed by atoms with Crippen LogP contribution in [0.1, 0.15) is 0 Å². The normalized spacial score (nSPS) is 11.9. The highest BCUT2D eigenvalue weighted by Gasteiger charge is 2.25. The van der Waals surface area contributed by atoms with E-state index >= 15 is 0 Å². The van der Waals surface area contributed by atoms with Gasteiger partial charge in [-0.25, -0.2) is 22.2 Å². The zero-order chi connectivity index (χ0) is 17.6. The summed E-state index contributed by atoms with van der Waals surface area (Å²) in [5.41, 5.74) is 0.634. The molecular formula is C17H10F2N2O2S2. The van der Waals surface area contributed by atoms with Crippen molar-refractivity contribution in [1.29, 1.82) is 0 Å². The molecule has 4 nitrogen and oxygen atoms in total. The van der Waals surface area contributed by atoms with Gasteiger partial charge in [-0.3, -0.25) is 4.72 Å². The topological polar surface area (TPSA) is 59.1 Å². The molecule has 0 aliphatic carbocycles. The number of aromatic nitrogens is 1. The molecular weight excluding hydrogens is 366 g/mol. The molecule has 4 rings (SSSR count). The molecule has 0 fully saturated rings. The Morgan fingerprint density at radius 1 is 0.920 bits per heavy atom. The molecule has 1 N–H and O–H groups in total. The molecule has 0 radical (unpaired) electrons. The van der Waals surface area contributed by atoms with Gasteiger partial charge in [-0.2, -0.15) is 0 Å². The summed E-state index contributed by atoms with van der Waals surface area (Å²) < 4.78 is 55.2. The minimum absolute atomic E-state index is 0.0500. The van der Waals surface area contributed by atoms with E-state index in [1.54, 1.807) is 0 Å². The van der Waals surface area contributed by atoms with Crippen LogP contribution in [0.2, 0.25) is 0 Å². The molecule has 0 aliphatic rings. The van der Waals surface area contributed by atoms with Crippen molar-refractivity contribution in [3.8, 4) is 0 Å². The first-order chi connectivity index (χ1) is 12.0. The Morgan fingerprint density at radius 2 is 1.64 bits per heavy atom. The molecule has 25 heavy (non-hydrogen) atoms. The minimum atomic E-state index is -4.43. The summed E-state index contributed by atoms with van der Waals surface area (Å²) in [5, 5.41) is 1.89. The summed E-state index contributed by atoms with van der Waals surface area (Å²) in [6, 6.07) is 14.2. The molecule has 1 heterocycles. The van der Waals surface area contributed by atoms with Gasteiger partial charge in [0.05, 0.1) is 10.2 Å². The number of fused-ring (bicyclic) bond motifs is 3. The van der Waals surface area contributed by atoms with Crippen LogP contribution in [0.3, 0.4) is 0 Å². The number of halogens is 2. The Morgan fingerprint density at radius 3 is 2.40 bits per heavy atom. The largest absolute Gasteiger partial charge is 0.269 e. The summed E-state index contributed by atoms with van der Waals surface area (Å²) in [5.74, 6) is -2.31. The van der Waals surface area contributed by atoms with Crippen LogP contribution in [0, 0.1) is 11.6 Å². The van der Waals surface area contributed by atoms with Crippen LogP contribution < -0.4 is 4.72 Å². The number of nitrogens with zero attached hydrogens (tertiary/aromatic N) is 1. The second-order valence-electron chi connectivity index (χ2n) is 5.31. The maximum atomic E-state index is 13.8. The van der Waals surface area contributed by atoms with Gasteiger partial charge in [-0.15, -0.1) is 0 Å². The smallest absolute Gasteiger partial charge is 0.254 e. The van der Waals surface area contributed by atoms with Crippen LogP contribution >= 0.6 is 11.3 Å². The van der Waals surface area contributed by atoms with Crippen molar-refractivity contribution >= 4 is 47.5 Å². The van der Waals surface area contributed by atoms with Crippen molar-refractivity contribution < 1.29 is 17.2 Å². The lowest BCUT2D eigenvalue weighted by molar-refractivity contribution is 0.521. The SMILES string of the molecule is O=S(=O)(Nc1nc2c(ccc3ccccc32)s1)c1c(F)cccc1F. The van der Waals surface area contributed by atoms with E-state index in [2.05, 4.69) is 9.71 Å². The van der Waals surface area contributed by atoms with E-state index in [9.17, 15) is 17.2 Å². The molecule has 0 saturated carbocycles. The lowest BCUT2D eigenvalue weighted by Crippen LogP contribution is -2.16. The van der Waals surface area contributed by atoms with Crippen molar-refractivity contribution in [3.05, 3.63) is 66.2 Å². The lowest BCUT2D eigenvalue weighted by Gasteiger charge is -2.06. The van der Waals surface area contributed by atoms with E-state index in [0.717, 1.165) is 45.0 Å². The Hall–Kier alpha value is -2.58. The Bertz CT molecular complexity index is 1200. The van der Waals surface area contributed by atoms with E-state index in [1.165, 1.54) is 0 Å². The minimum Gasteiger partial charge on any atom is -0.254 e. The van der Waals surface area contributed by atoms with Crippen LogP contribution in [0.15, 0.2) is 59.5 Å². The molecule has 0 saturated heterocycles. The second-order valence-corrected chi connectivity index (χ2v) is 7.96. The van der Waals surface area contributed by atoms with Gasteiger partial charge in [-0.05, 0) is 23.6 Å². The van der Waals surface area contributed by atoms with Gasteiger partial charge in [0.15, 0.2) is 10.0 Å². The van der Waals surface area contributed by atoms with Gasteiger partial charge in [-0.1, -0.05) is 47.7 Å². The van der Waals surface area contributed by atoms with Crippen LogP contribution in [0.25, 0.3) is 21.0 Å². The Kier molecular flexibility index (Phi) is 3.66.